The predicted octanol–water partition coefficient (Wildman–Crippen LogP) is 3.47. The highest BCUT2D eigenvalue weighted by Gasteiger charge is 2.28. The van der Waals surface area contributed by atoms with Gasteiger partial charge in [-0.25, -0.2) is 4.98 Å². The third-order valence-corrected chi connectivity index (χ3v) is 5.28. The fourth-order valence-electron chi connectivity index (χ4n) is 3.15. The molecular formula is C15H21N3OS. The number of thioether (sulfide) groups is 1. The number of fused-ring (bicyclic) bond motifs is 1. The summed E-state index contributed by atoms with van der Waals surface area (Å²) in [7, 11) is 1.67. The molecule has 0 saturated heterocycles. The van der Waals surface area contributed by atoms with E-state index >= 15 is 0 Å². The first-order valence-corrected chi connectivity index (χ1v) is 8.20. The van der Waals surface area contributed by atoms with E-state index in [1.807, 2.05) is 12.1 Å². The topological polar surface area (TPSA) is 53.1 Å². The molecule has 2 atom stereocenters. The zero-order chi connectivity index (χ0) is 14.1. The zero-order valence-corrected chi connectivity index (χ0v) is 12.8. The van der Waals surface area contributed by atoms with E-state index in [0.717, 1.165) is 22.0 Å². The smallest absolute Gasteiger partial charge is 0.201 e. The van der Waals surface area contributed by atoms with E-state index in [1.165, 1.54) is 25.0 Å². The molecule has 4 nitrogen and oxygen atoms in total. The van der Waals surface area contributed by atoms with Crippen LogP contribution in [0.15, 0.2) is 18.2 Å². The summed E-state index contributed by atoms with van der Waals surface area (Å²) in [5, 5.41) is 0.764. The molecule has 0 amide bonds. The van der Waals surface area contributed by atoms with Crippen LogP contribution in [0.4, 0.5) is 5.95 Å². The van der Waals surface area contributed by atoms with Crippen molar-refractivity contribution in [3.63, 3.8) is 0 Å². The minimum absolute atomic E-state index is 0.484. The minimum atomic E-state index is 0.484. The van der Waals surface area contributed by atoms with Crippen LogP contribution >= 0.6 is 11.8 Å². The number of imidazole rings is 1. The lowest BCUT2D eigenvalue weighted by molar-refractivity contribution is 0.415. The summed E-state index contributed by atoms with van der Waals surface area (Å²) in [6, 6.07) is 6.48. The quantitative estimate of drug-likeness (QED) is 0.937. The fourth-order valence-corrected chi connectivity index (χ4v) is 4.28. The maximum atomic E-state index is 6.15. The normalized spacial score (nSPS) is 22.5. The zero-order valence-electron chi connectivity index (χ0n) is 12.0. The Morgan fingerprint density at radius 1 is 1.45 bits per heavy atom. The molecule has 0 aliphatic heterocycles. The van der Waals surface area contributed by atoms with Crippen molar-refractivity contribution >= 4 is 28.7 Å². The first-order valence-electron chi connectivity index (χ1n) is 7.16. The van der Waals surface area contributed by atoms with Gasteiger partial charge in [0.15, 0.2) is 0 Å². The molecule has 108 valence electrons. The number of nitrogens with two attached hydrogens (primary N) is 1. The second-order valence-corrected chi connectivity index (χ2v) is 6.82. The molecule has 1 aliphatic rings. The molecule has 0 spiro atoms. The first kappa shape index (κ1) is 13.6. The van der Waals surface area contributed by atoms with Gasteiger partial charge in [-0.2, -0.15) is 11.8 Å². The lowest BCUT2D eigenvalue weighted by Gasteiger charge is -2.15. The van der Waals surface area contributed by atoms with E-state index in [-0.39, 0.29) is 0 Å². The summed E-state index contributed by atoms with van der Waals surface area (Å²) >= 11 is 2.06. The number of benzene rings is 1. The molecule has 5 heteroatoms. The summed E-state index contributed by atoms with van der Waals surface area (Å²) in [5.74, 6) is 2.64. The Balaban J connectivity index is 1.93. The van der Waals surface area contributed by atoms with Crippen molar-refractivity contribution in [2.45, 2.75) is 37.5 Å². The summed E-state index contributed by atoms with van der Waals surface area (Å²) < 4.78 is 7.47. The van der Waals surface area contributed by atoms with E-state index in [2.05, 4.69) is 34.3 Å². The van der Waals surface area contributed by atoms with E-state index in [1.54, 1.807) is 7.11 Å². The molecular weight excluding hydrogens is 270 g/mol. The Hall–Kier alpha value is -1.36. The molecule has 1 fully saturated rings. The predicted molar refractivity (Wildman–Crippen MR) is 85.5 cm³/mol. The van der Waals surface area contributed by atoms with Gasteiger partial charge in [-0.15, -0.1) is 0 Å². The SMILES string of the molecule is CCSC1CCC(n2c(N)nc3cc(OC)ccc32)C1. The fraction of sp³-hybridized carbons (Fsp3) is 0.533. The molecule has 1 aliphatic carbocycles. The number of methoxy groups -OCH3 is 1. The van der Waals surface area contributed by atoms with Crippen molar-refractivity contribution in [2.24, 2.45) is 0 Å². The maximum absolute atomic E-state index is 6.15. The van der Waals surface area contributed by atoms with Crippen molar-refractivity contribution in [1.29, 1.82) is 0 Å². The molecule has 2 aromatic rings. The molecule has 1 aromatic carbocycles. The van der Waals surface area contributed by atoms with Gasteiger partial charge in [-0.05, 0) is 37.1 Å². The van der Waals surface area contributed by atoms with Crippen molar-refractivity contribution in [2.75, 3.05) is 18.6 Å². The highest BCUT2D eigenvalue weighted by Crippen LogP contribution is 2.40. The average molecular weight is 291 g/mol. The van der Waals surface area contributed by atoms with E-state index in [9.17, 15) is 0 Å². The summed E-state index contributed by atoms with van der Waals surface area (Å²) in [4.78, 5) is 4.49. The number of nitrogens with zero attached hydrogens (tertiary/aromatic N) is 2. The number of rotatable bonds is 4. The standard InChI is InChI=1S/C15H21N3OS/c1-3-20-12-6-4-10(8-12)18-14-7-5-11(19-2)9-13(14)17-15(18)16/h5,7,9-10,12H,3-4,6,8H2,1-2H3,(H2,16,17). The van der Waals surface area contributed by atoms with Crippen LogP contribution in [0.5, 0.6) is 5.75 Å². The van der Waals surface area contributed by atoms with E-state index in [4.69, 9.17) is 10.5 Å². The summed E-state index contributed by atoms with van der Waals surface area (Å²) in [6.45, 7) is 2.23. The Morgan fingerprint density at radius 3 is 3.05 bits per heavy atom. The Morgan fingerprint density at radius 2 is 2.30 bits per heavy atom. The number of nitrogen functional groups attached to an aromatic ring is 1. The van der Waals surface area contributed by atoms with Crippen molar-refractivity contribution in [3.8, 4) is 5.75 Å². The molecule has 2 N–H and O–H groups in total. The highest BCUT2D eigenvalue weighted by atomic mass is 32.2. The Bertz CT molecular complexity index is 610. The van der Waals surface area contributed by atoms with Crippen molar-refractivity contribution < 1.29 is 4.74 Å². The molecule has 0 bridgehead atoms. The largest absolute Gasteiger partial charge is 0.497 e. The van der Waals surface area contributed by atoms with Gasteiger partial charge < -0.3 is 15.0 Å². The van der Waals surface area contributed by atoms with Crippen LogP contribution in [-0.2, 0) is 0 Å². The summed E-state index contributed by atoms with van der Waals surface area (Å²) in [5.41, 5.74) is 8.19. The minimum Gasteiger partial charge on any atom is -0.497 e. The third-order valence-electron chi connectivity index (χ3n) is 4.05. The van der Waals surface area contributed by atoms with Crippen LogP contribution in [-0.4, -0.2) is 27.7 Å². The average Bonchev–Trinajstić information content (AvgIpc) is 3.01. The second kappa shape index (κ2) is 5.56. The number of hydrogen-bond acceptors (Lipinski definition) is 4. The molecule has 1 saturated carbocycles. The van der Waals surface area contributed by atoms with Gasteiger partial charge in [0.1, 0.15) is 5.75 Å². The Kier molecular flexibility index (Phi) is 3.78. The van der Waals surface area contributed by atoms with Crippen LogP contribution in [0.1, 0.15) is 32.2 Å². The lowest BCUT2D eigenvalue weighted by Crippen LogP contribution is -2.09. The van der Waals surface area contributed by atoms with Gasteiger partial charge in [0.2, 0.25) is 5.95 Å². The Labute approximate surface area is 123 Å². The van der Waals surface area contributed by atoms with Crippen LogP contribution < -0.4 is 10.5 Å². The van der Waals surface area contributed by atoms with Gasteiger partial charge in [0.25, 0.3) is 0 Å². The van der Waals surface area contributed by atoms with Gasteiger partial charge in [-0.3, -0.25) is 0 Å². The maximum Gasteiger partial charge on any atom is 0.201 e. The number of aromatic nitrogens is 2. The van der Waals surface area contributed by atoms with Crippen LogP contribution in [0.25, 0.3) is 11.0 Å². The van der Waals surface area contributed by atoms with Gasteiger partial charge in [-0.1, -0.05) is 6.92 Å². The molecule has 20 heavy (non-hydrogen) atoms. The molecule has 1 aromatic heterocycles. The molecule has 2 unspecified atom stereocenters. The van der Waals surface area contributed by atoms with Crippen LogP contribution in [0, 0.1) is 0 Å². The lowest BCUT2D eigenvalue weighted by atomic mass is 10.2. The van der Waals surface area contributed by atoms with E-state index < -0.39 is 0 Å². The second-order valence-electron chi connectivity index (χ2n) is 5.24. The molecule has 3 rings (SSSR count). The van der Waals surface area contributed by atoms with Crippen molar-refractivity contribution in [3.05, 3.63) is 18.2 Å². The monoisotopic (exact) mass is 291 g/mol. The third kappa shape index (κ3) is 2.35. The van der Waals surface area contributed by atoms with E-state index in [0.29, 0.717) is 12.0 Å². The molecule has 0 radical (unpaired) electrons. The number of hydrogen-bond donors (Lipinski definition) is 1. The highest BCUT2D eigenvalue weighted by molar-refractivity contribution is 7.99. The van der Waals surface area contributed by atoms with Gasteiger partial charge in [0.05, 0.1) is 18.1 Å². The van der Waals surface area contributed by atoms with Gasteiger partial charge in [0, 0.05) is 17.4 Å². The van der Waals surface area contributed by atoms with Crippen LogP contribution in [0.2, 0.25) is 0 Å². The van der Waals surface area contributed by atoms with Crippen LogP contribution in [0.3, 0.4) is 0 Å². The summed E-state index contributed by atoms with van der Waals surface area (Å²) in [6.07, 6.45) is 3.66. The number of anilines is 1. The number of ether oxygens (including phenoxy) is 1. The molecule has 1 heterocycles. The first-order chi connectivity index (χ1) is 9.72. The van der Waals surface area contributed by atoms with Gasteiger partial charge >= 0.3 is 0 Å². The van der Waals surface area contributed by atoms with Crippen molar-refractivity contribution in [1.82, 2.24) is 9.55 Å².